The number of hydrogen-bond donors (Lipinski definition) is 4. The Kier molecular flexibility index (Phi) is 9.09. The van der Waals surface area contributed by atoms with Crippen molar-refractivity contribution in [3.8, 4) is 0 Å². The number of primary sulfonamides is 1. The van der Waals surface area contributed by atoms with Crippen molar-refractivity contribution in [3.63, 3.8) is 0 Å². The maximum Gasteiger partial charge on any atom is 0.337 e. The summed E-state index contributed by atoms with van der Waals surface area (Å²) in [5, 5.41) is 17.9. The van der Waals surface area contributed by atoms with Crippen LogP contribution in [0, 0.1) is 0 Å². The Balaban J connectivity index is 1.75. The summed E-state index contributed by atoms with van der Waals surface area (Å²) >= 11 is 5.95. The van der Waals surface area contributed by atoms with Crippen LogP contribution < -0.4 is 15.2 Å². The fraction of sp³-hybridized carbons (Fsp3) is 0.208. The monoisotopic (exact) mass is 551 g/mol. The van der Waals surface area contributed by atoms with Gasteiger partial charge < -0.3 is 10.4 Å². The normalized spacial score (nSPS) is 12.7. The molecule has 0 aliphatic rings. The summed E-state index contributed by atoms with van der Waals surface area (Å²) in [5.41, 5.74) is 1.65. The second kappa shape index (κ2) is 11.8. The summed E-state index contributed by atoms with van der Waals surface area (Å²) in [5.74, 6) is -0.807. The molecule has 0 aliphatic heterocycles. The van der Waals surface area contributed by atoms with E-state index in [9.17, 15) is 26.7 Å². The first kappa shape index (κ1) is 27.6. The first-order valence-electron chi connectivity index (χ1n) is 10.8. The highest BCUT2D eigenvalue weighted by Gasteiger charge is 2.20. The number of carboxylic acid groups (broad SMARTS) is 1. The largest absolute Gasteiger partial charge is 0.478 e. The molecule has 0 fully saturated rings. The van der Waals surface area contributed by atoms with E-state index < -0.39 is 26.0 Å². The van der Waals surface area contributed by atoms with Crippen molar-refractivity contribution in [2.45, 2.75) is 28.7 Å². The van der Waals surface area contributed by atoms with Gasteiger partial charge in [-0.1, -0.05) is 42.5 Å². The Morgan fingerprint density at radius 2 is 1.58 bits per heavy atom. The van der Waals surface area contributed by atoms with E-state index in [1.165, 1.54) is 36.4 Å². The average Bonchev–Trinajstić information content (AvgIpc) is 2.85. The number of carbonyl (C=O) groups is 1. The van der Waals surface area contributed by atoms with Crippen molar-refractivity contribution in [1.82, 2.24) is 4.72 Å². The van der Waals surface area contributed by atoms with Gasteiger partial charge in [0.2, 0.25) is 20.0 Å². The molecule has 9 nitrogen and oxygen atoms in total. The molecule has 3 aromatic rings. The molecule has 36 heavy (non-hydrogen) atoms. The third-order valence-corrected chi connectivity index (χ3v) is 8.06. The smallest absolute Gasteiger partial charge is 0.337 e. The molecule has 1 unspecified atom stereocenters. The highest BCUT2D eigenvalue weighted by atomic mass is 35.5. The predicted molar refractivity (Wildman–Crippen MR) is 138 cm³/mol. The molecule has 0 aliphatic carbocycles. The first-order chi connectivity index (χ1) is 17.0. The van der Waals surface area contributed by atoms with Crippen molar-refractivity contribution in [1.29, 1.82) is 0 Å². The van der Waals surface area contributed by atoms with Crippen LogP contribution in [0.15, 0.2) is 82.6 Å². The molecule has 5 N–H and O–H groups in total. The van der Waals surface area contributed by atoms with Crippen LogP contribution in [0.1, 0.15) is 33.8 Å². The number of anilines is 1. The summed E-state index contributed by atoms with van der Waals surface area (Å²) in [6, 6.07) is 18.9. The van der Waals surface area contributed by atoms with Crippen molar-refractivity contribution in [2.24, 2.45) is 5.14 Å². The lowest BCUT2D eigenvalue weighted by Gasteiger charge is -2.19. The van der Waals surface area contributed by atoms with Gasteiger partial charge in [-0.05, 0) is 47.9 Å². The number of sulfonamides is 2. The fourth-order valence-electron chi connectivity index (χ4n) is 3.56. The van der Waals surface area contributed by atoms with Gasteiger partial charge in [0.1, 0.15) is 0 Å². The standard InChI is InChI=1S/C24H26ClN3O6S2/c25-13-12-19(18-4-2-1-3-5-18)16-27-23-11-10-21(14-22(23)24(29)30)36(33,34)28-15-17-6-8-20(9-7-17)35(26,31)32/h1-11,14,19,27-28H,12-13,15-16H2,(H,29,30)(H2,26,31,32). The van der Waals surface area contributed by atoms with Gasteiger partial charge in [0.05, 0.1) is 15.4 Å². The summed E-state index contributed by atoms with van der Waals surface area (Å²) in [7, 11) is -7.91. The number of nitrogens with two attached hydrogens (primary N) is 1. The average molecular weight is 552 g/mol. The van der Waals surface area contributed by atoms with Gasteiger partial charge in [-0.25, -0.2) is 31.5 Å². The number of hydrogen-bond acceptors (Lipinski definition) is 6. The molecule has 0 heterocycles. The van der Waals surface area contributed by atoms with Crippen molar-refractivity contribution >= 4 is 43.3 Å². The zero-order valence-electron chi connectivity index (χ0n) is 19.1. The molecule has 0 radical (unpaired) electrons. The minimum absolute atomic E-state index is 0.0380. The fourth-order valence-corrected chi connectivity index (χ4v) is 5.38. The number of benzene rings is 3. The summed E-state index contributed by atoms with van der Waals surface area (Å²) < 4.78 is 50.7. The molecule has 0 bridgehead atoms. The Morgan fingerprint density at radius 1 is 0.944 bits per heavy atom. The topological polar surface area (TPSA) is 156 Å². The van der Waals surface area contributed by atoms with Gasteiger partial charge in [-0.2, -0.15) is 0 Å². The molecule has 0 spiro atoms. The molecule has 0 aromatic heterocycles. The Morgan fingerprint density at radius 3 is 2.17 bits per heavy atom. The molecule has 3 rings (SSSR count). The second-order valence-electron chi connectivity index (χ2n) is 7.99. The highest BCUT2D eigenvalue weighted by molar-refractivity contribution is 7.89. The van der Waals surface area contributed by atoms with Crippen LogP contribution in [0.4, 0.5) is 5.69 Å². The zero-order chi connectivity index (χ0) is 26.3. The molecular formula is C24H26ClN3O6S2. The van der Waals surface area contributed by atoms with E-state index in [2.05, 4.69) is 10.0 Å². The lowest BCUT2D eigenvalue weighted by Crippen LogP contribution is -2.24. The van der Waals surface area contributed by atoms with E-state index in [0.717, 1.165) is 11.6 Å². The summed E-state index contributed by atoms with van der Waals surface area (Å²) in [6.07, 6.45) is 0.676. The van der Waals surface area contributed by atoms with Crippen LogP contribution in [0.2, 0.25) is 0 Å². The van der Waals surface area contributed by atoms with Gasteiger partial charge in [0, 0.05) is 30.6 Å². The van der Waals surface area contributed by atoms with Crippen LogP contribution >= 0.6 is 11.6 Å². The van der Waals surface area contributed by atoms with Crippen molar-refractivity contribution in [2.75, 3.05) is 17.7 Å². The van der Waals surface area contributed by atoms with Gasteiger partial charge in [-0.3, -0.25) is 0 Å². The Hall–Kier alpha value is -2.96. The van der Waals surface area contributed by atoms with Crippen LogP contribution in [-0.4, -0.2) is 40.3 Å². The lowest BCUT2D eigenvalue weighted by atomic mass is 9.96. The lowest BCUT2D eigenvalue weighted by molar-refractivity contribution is 0.0697. The Bertz CT molecular complexity index is 1410. The molecule has 3 aromatic carbocycles. The maximum absolute atomic E-state index is 12.8. The molecular weight excluding hydrogens is 526 g/mol. The molecule has 0 amide bonds. The minimum atomic E-state index is -4.05. The number of aromatic carboxylic acids is 1. The van der Waals surface area contributed by atoms with Crippen LogP contribution in [0.25, 0.3) is 0 Å². The Labute approximate surface area is 215 Å². The van der Waals surface area contributed by atoms with Crippen LogP contribution in [0.5, 0.6) is 0 Å². The molecule has 192 valence electrons. The maximum atomic E-state index is 12.8. The number of rotatable bonds is 12. The van der Waals surface area contributed by atoms with Gasteiger partial charge >= 0.3 is 5.97 Å². The number of halogens is 1. The van der Waals surface area contributed by atoms with Crippen molar-refractivity contribution < 1.29 is 26.7 Å². The molecule has 0 saturated heterocycles. The summed E-state index contributed by atoms with van der Waals surface area (Å²) in [4.78, 5) is 11.6. The van der Waals surface area contributed by atoms with Crippen LogP contribution in [-0.2, 0) is 26.6 Å². The van der Waals surface area contributed by atoms with Gasteiger partial charge in [0.15, 0.2) is 0 Å². The van der Waals surface area contributed by atoms with E-state index in [4.69, 9.17) is 16.7 Å². The summed E-state index contributed by atoms with van der Waals surface area (Å²) in [6.45, 7) is 0.280. The van der Waals surface area contributed by atoms with E-state index in [1.807, 2.05) is 30.3 Å². The van der Waals surface area contributed by atoms with E-state index in [0.29, 0.717) is 24.4 Å². The van der Waals surface area contributed by atoms with Crippen LogP contribution in [0.3, 0.4) is 0 Å². The van der Waals surface area contributed by atoms with Gasteiger partial charge in [-0.15, -0.1) is 11.6 Å². The first-order valence-corrected chi connectivity index (χ1v) is 14.4. The van der Waals surface area contributed by atoms with E-state index >= 15 is 0 Å². The zero-order valence-corrected chi connectivity index (χ0v) is 21.5. The highest BCUT2D eigenvalue weighted by Crippen LogP contribution is 2.25. The second-order valence-corrected chi connectivity index (χ2v) is 11.7. The predicted octanol–water partition coefficient (Wildman–Crippen LogP) is 3.34. The number of carboxylic acids is 1. The number of nitrogens with one attached hydrogen (secondary N) is 2. The van der Waals surface area contributed by atoms with E-state index in [-0.39, 0.29) is 33.5 Å². The molecule has 0 saturated carbocycles. The number of alkyl halides is 1. The third-order valence-electron chi connectivity index (χ3n) is 5.52. The third kappa shape index (κ3) is 7.28. The quantitative estimate of drug-likeness (QED) is 0.251. The SMILES string of the molecule is NS(=O)(=O)c1ccc(CNS(=O)(=O)c2ccc(NCC(CCCl)c3ccccc3)c(C(=O)O)c2)cc1. The molecule has 12 heteroatoms. The minimum Gasteiger partial charge on any atom is -0.478 e. The van der Waals surface area contributed by atoms with E-state index in [1.54, 1.807) is 0 Å². The van der Waals surface area contributed by atoms with Crippen molar-refractivity contribution in [3.05, 3.63) is 89.5 Å². The van der Waals surface area contributed by atoms with Gasteiger partial charge in [0.25, 0.3) is 0 Å². The molecule has 1 atom stereocenters.